The van der Waals surface area contributed by atoms with Gasteiger partial charge in [0.05, 0.1) is 5.56 Å². The van der Waals surface area contributed by atoms with Crippen molar-refractivity contribution >= 4 is 5.65 Å². The molecule has 0 aliphatic rings. The minimum atomic E-state index is 0.589. The van der Waals surface area contributed by atoms with E-state index in [1.807, 2.05) is 24.4 Å². The summed E-state index contributed by atoms with van der Waals surface area (Å²) in [6, 6.07) is 4.13. The number of nitrogens with zero attached hydrogens (tertiary/aromatic N) is 3. The van der Waals surface area contributed by atoms with Crippen LogP contribution in [0.15, 0.2) is 18.5 Å². The fourth-order valence-electron chi connectivity index (χ4n) is 1.49. The number of aryl methyl sites for hydroxylation is 2. The summed E-state index contributed by atoms with van der Waals surface area (Å²) in [5.41, 5.74) is 3.77. The predicted octanol–water partition coefficient (Wildman–Crippen LogP) is 1.82. The minimum absolute atomic E-state index is 0.589. The van der Waals surface area contributed by atoms with E-state index >= 15 is 0 Å². The normalized spacial score (nSPS) is 10.2. The van der Waals surface area contributed by atoms with Gasteiger partial charge in [0.15, 0.2) is 0 Å². The highest BCUT2D eigenvalue weighted by Gasteiger charge is 2.03. The second kappa shape index (κ2) is 2.60. The van der Waals surface area contributed by atoms with Gasteiger partial charge in [-0.2, -0.15) is 5.26 Å². The van der Waals surface area contributed by atoms with Gasteiger partial charge in [-0.15, -0.1) is 0 Å². The minimum Gasteiger partial charge on any atom is -0.304 e. The summed E-state index contributed by atoms with van der Waals surface area (Å²) in [4.78, 5) is 4.21. The van der Waals surface area contributed by atoms with E-state index in [4.69, 9.17) is 5.26 Å². The lowest BCUT2D eigenvalue weighted by atomic mass is 10.3. The Morgan fingerprint density at radius 3 is 2.92 bits per heavy atom. The molecule has 13 heavy (non-hydrogen) atoms. The highest BCUT2D eigenvalue weighted by molar-refractivity contribution is 5.51. The Bertz CT molecular complexity index is 503. The fraction of sp³-hybridized carbons (Fsp3) is 0.200. The highest BCUT2D eigenvalue weighted by Crippen LogP contribution is 2.13. The molecule has 64 valence electrons. The van der Waals surface area contributed by atoms with Gasteiger partial charge >= 0.3 is 0 Å². The first-order valence-electron chi connectivity index (χ1n) is 4.07. The number of nitriles is 1. The average Bonchev–Trinajstić information content (AvgIpc) is 2.42. The van der Waals surface area contributed by atoms with Crippen LogP contribution in [0.2, 0.25) is 0 Å². The van der Waals surface area contributed by atoms with E-state index < -0.39 is 0 Å². The molecule has 2 aromatic rings. The maximum Gasteiger partial charge on any atom is 0.139 e. The smallest absolute Gasteiger partial charge is 0.139 e. The van der Waals surface area contributed by atoms with E-state index in [-0.39, 0.29) is 0 Å². The second-order valence-electron chi connectivity index (χ2n) is 3.12. The van der Waals surface area contributed by atoms with Crippen LogP contribution in [-0.2, 0) is 0 Å². The molecule has 2 heterocycles. The third-order valence-corrected chi connectivity index (χ3v) is 2.11. The SMILES string of the molecule is Cc1cc(C)n2cc(C#N)cnc12. The summed E-state index contributed by atoms with van der Waals surface area (Å²) in [5.74, 6) is 0. The van der Waals surface area contributed by atoms with E-state index in [2.05, 4.69) is 17.1 Å². The zero-order valence-corrected chi connectivity index (χ0v) is 7.57. The van der Waals surface area contributed by atoms with Crippen molar-refractivity contribution in [3.63, 3.8) is 0 Å². The summed E-state index contributed by atoms with van der Waals surface area (Å²) >= 11 is 0. The van der Waals surface area contributed by atoms with E-state index in [1.165, 1.54) is 0 Å². The van der Waals surface area contributed by atoms with E-state index in [0.717, 1.165) is 16.9 Å². The van der Waals surface area contributed by atoms with Gasteiger partial charge in [-0.25, -0.2) is 4.98 Å². The molecule has 0 saturated heterocycles. The summed E-state index contributed by atoms with van der Waals surface area (Å²) in [7, 11) is 0. The topological polar surface area (TPSA) is 41.1 Å². The molecular weight excluding hydrogens is 162 g/mol. The average molecular weight is 171 g/mol. The van der Waals surface area contributed by atoms with Crippen molar-refractivity contribution in [2.75, 3.05) is 0 Å². The number of hydrogen-bond donors (Lipinski definition) is 0. The molecule has 0 unspecified atom stereocenters. The number of rotatable bonds is 0. The third kappa shape index (κ3) is 1.07. The number of fused-ring (bicyclic) bond motifs is 1. The maximum atomic E-state index is 8.69. The molecule has 0 aliphatic heterocycles. The fourth-order valence-corrected chi connectivity index (χ4v) is 1.49. The highest BCUT2D eigenvalue weighted by atomic mass is 15.0. The van der Waals surface area contributed by atoms with Gasteiger partial charge in [-0.3, -0.25) is 0 Å². The van der Waals surface area contributed by atoms with Gasteiger partial charge in [0.25, 0.3) is 0 Å². The Morgan fingerprint density at radius 1 is 1.46 bits per heavy atom. The molecular formula is C10H9N3. The predicted molar refractivity (Wildman–Crippen MR) is 49.4 cm³/mol. The number of aromatic nitrogens is 2. The molecule has 0 saturated carbocycles. The van der Waals surface area contributed by atoms with Gasteiger partial charge in [0, 0.05) is 18.1 Å². The van der Waals surface area contributed by atoms with Crippen molar-refractivity contribution in [2.45, 2.75) is 13.8 Å². The van der Waals surface area contributed by atoms with Gasteiger partial charge in [0.2, 0.25) is 0 Å². The molecule has 0 spiro atoms. The molecule has 0 fully saturated rings. The van der Waals surface area contributed by atoms with Crippen LogP contribution in [0.5, 0.6) is 0 Å². The van der Waals surface area contributed by atoms with Crippen molar-refractivity contribution in [3.8, 4) is 6.07 Å². The van der Waals surface area contributed by atoms with Crippen LogP contribution in [-0.4, -0.2) is 9.38 Å². The van der Waals surface area contributed by atoms with Crippen molar-refractivity contribution in [2.24, 2.45) is 0 Å². The Morgan fingerprint density at radius 2 is 2.23 bits per heavy atom. The molecule has 3 heteroatoms. The number of hydrogen-bond acceptors (Lipinski definition) is 2. The van der Waals surface area contributed by atoms with E-state index in [9.17, 15) is 0 Å². The van der Waals surface area contributed by atoms with Crippen LogP contribution in [0.3, 0.4) is 0 Å². The van der Waals surface area contributed by atoms with Crippen LogP contribution in [0.1, 0.15) is 16.8 Å². The summed E-state index contributed by atoms with van der Waals surface area (Å²) < 4.78 is 1.94. The van der Waals surface area contributed by atoms with Gasteiger partial charge in [-0.1, -0.05) is 0 Å². The molecule has 0 N–H and O–H groups in total. The summed E-state index contributed by atoms with van der Waals surface area (Å²) in [6.07, 6.45) is 3.41. The first-order chi connectivity index (χ1) is 6.22. The molecule has 2 rings (SSSR count). The van der Waals surface area contributed by atoms with E-state index in [1.54, 1.807) is 6.20 Å². The molecule has 0 aliphatic carbocycles. The summed E-state index contributed by atoms with van der Waals surface area (Å²) in [6.45, 7) is 4.02. The zero-order valence-electron chi connectivity index (χ0n) is 7.57. The Labute approximate surface area is 76.3 Å². The first-order valence-corrected chi connectivity index (χ1v) is 4.07. The van der Waals surface area contributed by atoms with Crippen LogP contribution < -0.4 is 0 Å². The first kappa shape index (κ1) is 7.81. The maximum absolute atomic E-state index is 8.69. The zero-order chi connectivity index (χ0) is 9.42. The quantitative estimate of drug-likeness (QED) is 0.606. The Hall–Kier alpha value is -1.82. The van der Waals surface area contributed by atoms with Crippen molar-refractivity contribution in [3.05, 3.63) is 35.3 Å². The largest absolute Gasteiger partial charge is 0.304 e. The van der Waals surface area contributed by atoms with Crippen LogP contribution in [0.25, 0.3) is 5.65 Å². The summed E-state index contributed by atoms with van der Waals surface area (Å²) in [5, 5.41) is 8.69. The van der Waals surface area contributed by atoms with Crippen molar-refractivity contribution in [1.29, 1.82) is 5.26 Å². The lowest BCUT2D eigenvalue weighted by Gasteiger charge is -1.96. The van der Waals surface area contributed by atoms with Gasteiger partial charge < -0.3 is 4.40 Å². The standard InChI is InChI=1S/C10H9N3/c1-7-3-8(2)13-6-9(4-11)5-12-10(7)13/h3,5-6H,1-2H3. The Kier molecular flexibility index (Phi) is 1.56. The second-order valence-corrected chi connectivity index (χ2v) is 3.12. The van der Waals surface area contributed by atoms with Crippen LogP contribution in [0, 0.1) is 25.2 Å². The van der Waals surface area contributed by atoms with Gasteiger partial charge in [0.1, 0.15) is 11.7 Å². The molecule has 0 radical (unpaired) electrons. The molecule has 0 amide bonds. The van der Waals surface area contributed by atoms with Crippen molar-refractivity contribution in [1.82, 2.24) is 9.38 Å². The van der Waals surface area contributed by atoms with Crippen molar-refractivity contribution < 1.29 is 0 Å². The van der Waals surface area contributed by atoms with Crippen LogP contribution in [0.4, 0.5) is 0 Å². The molecule has 0 aromatic carbocycles. The Balaban J connectivity index is 2.86. The molecule has 0 bridgehead atoms. The molecule has 0 atom stereocenters. The third-order valence-electron chi connectivity index (χ3n) is 2.11. The lowest BCUT2D eigenvalue weighted by Crippen LogP contribution is -1.91. The lowest BCUT2D eigenvalue weighted by molar-refractivity contribution is 1.06. The van der Waals surface area contributed by atoms with E-state index in [0.29, 0.717) is 5.56 Å². The molecule has 3 nitrogen and oxygen atoms in total. The van der Waals surface area contributed by atoms with Crippen LogP contribution >= 0.6 is 0 Å². The van der Waals surface area contributed by atoms with Gasteiger partial charge in [-0.05, 0) is 25.5 Å². The molecule has 2 aromatic heterocycles. The monoisotopic (exact) mass is 171 g/mol.